The van der Waals surface area contributed by atoms with Crippen molar-refractivity contribution in [2.75, 3.05) is 20.2 Å². The molecule has 1 amide bonds. The van der Waals surface area contributed by atoms with Crippen LogP contribution in [0.3, 0.4) is 0 Å². The predicted molar refractivity (Wildman–Crippen MR) is 67.5 cm³/mol. The van der Waals surface area contributed by atoms with Gasteiger partial charge in [-0.2, -0.15) is 0 Å². The van der Waals surface area contributed by atoms with Gasteiger partial charge in [-0.05, 0) is 12.3 Å². The lowest BCUT2D eigenvalue weighted by Gasteiger charge is -2.25. The highest BCUT2D eigenvalue weighted by Gasteiger charge is 2.21. The highest BCUT2D eigenvalue weighted by Crippen LogP contribution is 2.09. The van der Waals surface area contributed by atoms with E-state index in [4.69, 9.17) is 0 Å². The predicted octanol–water partition coefficient (Wildman–Crippen LogP) is 2.08. The molecule has 0 rings (SSSR count). The summed E-state index contributed by atoms with van der Waals surface area (Å²) < 4.78 is 4.67. The van der Waals surface area contributed by atoms with E-state index in [0.717, 1.165) is 6.42 Å². The topological polar surface area (TPSA) is 46.6 Å². The Hall–Kier alpha value is -1.06. The van der Waals surface area contributed by atoms with Gasteiger partial charge in [-0.1, -0.05) is 27.7 Å². The average Bonchev–Trinajstić information content (AvgIpc) is 2.26. The summed E-state index contributed by atoms with van der Waals surface area (Å²) in [5, 5.41) is 0. The Balaban J connectivity index is 4.41. The van der Waals surface area contributed by atoms with Gasteiger partial charge in [-0.3, -0.25) is 9.59 Å². The van der Waals surface area contributed by atoms with E-state index in [-0.39, 0.29) is 17.8 Å². The van der Waals surface area contributed by atoms with Gasteiger partial charge in [0.25, 0.3) is 0 Å². The highest BCUT2D eigenvalue weighted by atomic mass is 16.5. The maximum atomic E-state index is 12.0. The number of carbonyl (C=O) groups is 2. The first kappa shape index (κ1) is 15.9. The Kier molecular flexibility index (Phi) is 7.59. The maximum absolute atomic E-state index is 12.0. The number of rotatable bonds is 7. The fraction of sp³-hybridized carbons (Fsp3) is 0.846. The standard InChI is InChI=1S/C13H25NO3/c1-6-7-14(12(15)8-10(2)3)9-11(4)13(16)17-5/h10-11H,6-9H2,1-5H3. The molecule has 4 nitrogen and oxygen atoms in total. The Labute approximate surface area is 104 Å². The number of amides is 1. The van der Waals surface area contributed by atoms with E-state index in [0.29, 0.717) is 25.4 Å². The van der Waals surface area contributed by atoms with Gasteiger partial charge in [-0.25, -0.2) is 0 Å². The largest absolute Gasteiger partial charge is 0.469 e. The van der Waals surface area contributed by atoms with Crippen molar-refractivity contribution >= 4 is 11.9 Å². The van der Waals surface area contributed by atoms with Crippen LogP contribution >= 0.6 is 0 Å². The molecule has 0 aliphatic heterocycles. The van der Waals surface area contributed by atoms with Gasteiger partial charge in [0.1, 0.15) is 0 Å². The van der Waals surface area contributed by atoms with Crippen LogP contribution < -0.4 is 0 Å². The summed E-state index contributed by atoms with van der Waals surface area (Å²) in [5.74, 6) is -0.0565. The Morgan fingerprint density at radius 2 is 1.82 bits per heavy atom. The van der Waals surface area contributed by atoms with E-state index in [1.54, 1.807) is 11.8 Å². The van der Waals surface area contributed by atoms with Gasteiger partial charge in [0.05, 0.1) is 13.0 Å². The van der Waals surface area contributed by atoms with E-state index in [1.807, 2.05) is 20.8 Å². The second-order valence-corrected chi connectivity index (χ2v) is 4.86. The lowest BCUT2D eigenvalue weighted by Crippen LogP contribution is -2.38. The molecule has 100 valence electrons. The summed E-state index contributed by atoms with van der Waals surface area (Å²) in [4.78, 5) is 25.1. The molecule has 0 bridgehead atoms. The molecule has 0 aromatic carbocycles. The molecule has 0 radical (unpaired) electrons. The molecule has 0 saturated carbocycles. The summed E-state index contributed by atoms with van der Waals surface area (Å²) >= 11 is 0. The zero-order chi connectivity index (χ0) is 13.4. The number of nitrogens with zero attached hydrogens (tertiary/aromatic N) is 1. The van der Waals surface area contributed by atoms with E-state index in [1.165, 1.54) is 7.11 Å². The molecule has 17 heavy (non-hydrogen) atoms. The summed E-state index contributed by atoms with van der Waals surface area (Å²) in [6.45, 7) is 9.01. The molecule has 4 heteroatoms. The van der Waals surface area contributed by atoms with Gasteiger partial charge in [-0.15, -0.1) is 0 Å². The maximum Gasteiger partial charge on any atom is 0.310 e. The van der Waals surface area contributed by atoms with Gasteiger partial charge in [0.2, 0.25) is 5.91 Å². The molecule has 0 aliphatic rings. The molecular formula is C13H25NO3. The molecule has 0 spiro atoms. The number of carbonyl (C=O) groups excluding carboxylic acids is 2. The van der Waals surface area contributed by atoms with E-state index < -0.39 is 0 Å². The number of esters is 1. The normalized spacial score (nSPS) is 12.4. The molecule has 0 aromatic heterocycles. The molecule has 0 N–H and O–H groups in total. The minimum atomic E-state index is -0.261. The third-order valence-corrected chi connectivity index (χ3v) is 2.53. The minimum absolute atomic E-state index is 0.123. The third kappa shape index (κ3) is 6.29. The van der Waals surface area contributed by atoms with Crippen LogP contribution in [-0.4, -0.2) is 37.0 Å². The van der Waals surface area contributed by atoms with Crippen molar-refractivity contribution in [2.24, 2.45) is 11.8 Å². The molecule has 0 aliphatic carbocycles. The summed E-state index contributed by atoms with van der Waals surface area (Å²) in [6, 6.07) is 0. The number of hydrogen-bond acceptors (Lipinski definition) is 3. The van der Waals surface area contributed by atoms with Gasteiger partial charge < -0.3 is 9.64 Å². The first-order valence-electron chi connectivity index (χ1n) is 6.27. The molecule has 0 aromatic rings. The minimum Gasteiger partial charge on any atom is -0.469 e. The van der Waals surface area contributed by atoms with Gasteiger partial charge in [0, 0.05) is 19.5 Å². The van der Waals surface area contributed by atoms with E-state index >= 15 is 0 Å². The average molecular weight is 243 g/mol. The summed E-state index contributed by atoms with van der Waals surface area (Å²) in [6.07, 6.45) is 1.44. The fourth-order valence-electron chi connectivity index (χ4n) is 1.67. The lowest BCUT2D eigenvalue weighted by molar-refractivity contribution is -0.146. The zero-order valence-corrected chi connectivity index (χ0v) is 11.7. The van der Waals surface area contributed by atoms with Crippen LogP contribution in [0.1, 0.15) is 40.5 Å². The first-order valence-corrected chi connectivity index (χ1v) is 6.27. The SMILES string of the molecule is CCCN(CC(C)C(=O)OC)C(=O)CC(C)C. The van der Waals surface area contributed by atoms with Crippen LogP contribution in [0.15, 0.2) is 0 Å². The van der Waals surface area contributed by atoms with Crippen LogP contribution in [0.2, 0.25) is 0 Å². The molecule has 0 heterocycles. The molecule has 0 fully saturated rings. The van der Waals surface area contributed by atoms with Crippen molar-refractivity contribution in [2.45, 2.75) is 40.5 Å². The lowest BCUT2D eigenvalue weighted by atomic mass is 10.1. The van der Waals surface area contributed by atoms with Crippen molar-refractivity contribution in [1.29, 1.82) is 0 Å². The van der Waals surface area contributed by atoms with Crippen LogP contribution in [0, 0.1) is 11.8 Å². The van der Waals surface area contributed by atoms with Gasteiger partial charge >= 0.3 is 5.97 Å². The van der Waals surface area contributed by atoms with Crippen LogP contribution in [0.25, 0.3) is 0 Å². The zero-order valence-electron chi connectivity index (χ0n) is 11.7. The highest BCUT2D eigenvalue weighted by molar-refractivity contribution is 5.78. The molecule has 1 unspecified atom stereocenters. The van der Waals surface area contributed by atoms with Crippen LogP contribution in [0.4, 0.5) is 0 Å². The Morgan fingerprint density at radius 1 is 1.24 bits per heavy atom. The van der Waals surface area contributed by atoms with Crippen molar-refractivity contribution in [1.82, 2.24) is 4.90 Å². The molecular weight excluding hydrogens is 218 g/mol. The van der Waals surface area contributed by atoms with Crippen molar-refractivity contribution in [3.63, 3.8) is 0 Å². The quantitative estimate of drug-likeness (QED) is 0.643. The Bertz CT molecular complexity index is 251. The Morgan fingerprint density at radius 3 is 2.24 bits per heavy atom. The fourth-order valence-corrected chi connectivity index (χ4v) is 1.67. The van der Waals surface area contributed by atoms with Gasteiger partial charge in [0.15, 0.2) is 0 Å². The number of hydrogen-bond donors (Lipinski definition) is 0. The van der Waals surface area contributed by atoms with Crippen molar-refractivity contribution in [3.05, 3.63) is 0 Å². The smallest absolute Gasteiger partial charge is 0.310 e. The monoisotopic (exact) mass is 243 g/mol. The van der Waals surface area contributed by atoms with Crippen molar-refractivity contribution < 1.29 is 14.3 Å². The van der Waals surface area contributed by atoms with Crippen LogP contribution in [0.5, 0.6) is 0 Å². The second-order valence-electron chi connectivity index (χ2n) is 4.86. The number of ether oxygens (including phenoxy) is 1. The molecule has 1 atom stereocenters. The first-order chi connectivity index (χ1) is 7.92. The van der Waals surface area contributed by atoms with Crippen molar-refractivity contribution in [3.8, 4) is 0 Å². The second kappa shape index (κ2) is 8.09. The van der Waals surface area contributed by atoms with Crippen LogP contribution in [-0.2, 0) is 14.3 Å². The van der Waals surface area contributed by atoms with E-state index in [9.17, 15) is 9.59 Å². The summed E-state index contributed by atoms with van der Waals surface area (Å²) in [5.41, 5.74) is 0. The third-order valence-electron chi connectivity index (χ3n) is 2.53. The molecule has 0 saturated heterocycles. The number of methoxy groups -OCH3 is 1. The summed E-state index contributed by atoms with van der Waals surface area (Å²) in [7, 11) is 1.37. The van der Waals surface area contributed by atoms with E-state index in [2.05, 4.69) is 4.74 Å².